The zero-order chi connectivity index (χ0) is 62.1. The number of esters is 3. The lowest BCUT2D eigenvalue weighted by Crippen LogP contribution is -2.70. The Kier molecular flexibility index (Phi) is 18.1. The SMILES string of the molecule is C[C@@H]1O[C@H]2O[C@H]3[C@@H](OC[C@H](O)[C@@H]3O)OC(=O)[C@]34CCC(C)(C)C[C@H]3C3=CC[C@@H]5[C@@]6(C)C[C@H](O)[C@H](O[C@@H]7O[C@H](CO)[C@@H](O)[C@H](O)[C@H]7O[C@@H]7O[C@H](COC(=O)C[C@](C)(O)CC(=O)O[C@@H]1[C@@H](O)[C@H]2O)[C@@H](O)[C@H](O)[C@H]7O)[C@@](C)(CO)[C@@H]6CC[C@@]5(C)[C@]3(C)CC4. The first-order valence-electron chi connectivity index (χ1n) is 30.3. The molecule has 85 heavy (non-hydrogen) atoms. The summed E-state index contributed by atoms with van der Waals surface area (Å²) in [6.45, 7) is 12.7. The molecule has 0 aromatic carbocycles. The molecular formula is C59H92O26. The van der Waals surface area contributed by atoms with Gasteiger partial charge in [-0.2, -0.15) is 0 Å². The Morgan fingerprint density at radius 1 is 0.576 bits per heavy atom. The minimum Gasteiger partial charge on any atom is -0.463 e. The van der Waals surface area contributed by atoms with Gasteiger partial charge in [0.25, 0.3) is 0 Å². The van der Waals surface area contributed by atoms with E-state index in [0.717, 1.165) is 12.5 Å². The monoisotopic (exact) mass is 1220 g/mol. The van der Waals surface area contributed by atoms with E-state index in [-0.39, 0.29) is 29.6 Å². The number of rotatable bonds is 2. The average Bonchev–Trinajstić information content (AvgIpc) is 0.707. The van der Waals surface area contributed by atoms with Crippen LogP contribution in [0.2, 0.25) is 0 Å². The highest BCUT2D eigenvalue weighted by molar-refractivity contribution is 5.79. The fraction of sp³-hybridized carbons (Fsp3) is 0.915. The highest BCUT2D eigenvalue weighted by atomic mass is 16.8. The molecule has 0 amide bonds. The Morgan fingerprint density at radius 2 is 1.21 bits per heavy atom. The maximum atomic E-state index is 15.4. The van der Waals surface area contributed by atoms with Gasteiger partial charge in [0.1, 0.15) is 79.9 Å². The van der Waals surface area contributed by atoms with Gasteiger partial charge in [0, 0.05) is 5.41 Å². The third-order valence-electron chi connectivity index (χ3n) is 22.6. The standard InChI is InChI=1S/C59H92O26/c1-25-44-41(71)43(73)48(78-25)82-45-36(66)29(63)22-77-50(45)85-52(74)59-15-13-53(2,3)17-27(59)26-9-10-33-55(5)18-28(62)47(56(6,24-61)32(55)11-12-58(33,8)57(26,7)14-16-59)84-51-46(40(70)37(67)30(21-60)79-51)83-49-42(72)39(69)38(68)31(80-49)23-76-34(64)19-54(4,75)20-35(65)81-44/h9,25,27-33,36-51,60-63,66-73,75H,10-24H2,1-8H3/t25-,27-,28-,29-,30+,31+,32+,33+,36-,37+,38+,39-,40-,41-,42+,43+,44-,45+,46+,47-,48-,49-,50-,51-,54-,55-,56-,57+,58+,59-/m0/s1. The summed E-state index contributed by atoms with van der Waals surface area (Å²) in [7, 11) is 0. The highest BCUT2D eigenvalue weighted by Gasteiger charge is 2.72. The van der Waals surface area contributed by atoms with Crippen LogP contribution in [-0.4, -0.2) is 245 Å². The smallest absolute Gasteiger partial charge is 0.315 e. The first kappa shape index (κ1) is 65.3. The second kappa shape index (κ2) is 23.5. The Morgan fingerprint density at radius 3 is 1.89 bits per heavy atom. The normalized spacial score (nSPS) is 54.4. The van der Waals surface area contributed by atoms with Crippen molar-refractivity contribution in [1.29, 1.82) is 0 Å². The van der Waals surface area contributed by atoms with Crippen LogP contribution in [0.1, 0.15) is 126 Å². The topological polar surface area (TPSA) is 407 Å². The molecule has 26 heteroatoms. The van der Waals surface area contributed by atoms with Crippen LogP contribution in [0.4, 0.5) is 0 Å². The lowest BCUT2D eigenvalue weighted by Gasteiger charge is -2.72. The predicted octanol–water partition coefficient (Wildman–Crippen LogP) is -1.78. The number of carbonyl (C=O) groups excluding carboxylic acids is 3. The van der Waals surface area contributed by atoms with E-state index < -0.39 is 219 Å². The lowest BCUT2D eigenvalue weighted by atomic mass is 9.33. The minimum absolute atomic E-state index is 0.0971. The van der Waals surface area contributed by atoms with Crippen molar-refractivity contribution in [2.45, 2.75) is 261 Å². The van der Waals surface area contributed by atoms with E-state index in [2.05, 4.69) is 40.7 Å². The fourth-order valence-corrected chi connectivity index (χ4v) is 17.5. The molecule has 9 heterocycles. The molecule has 13 N–H and O–H groups in total. The average molecular weight is 1220 g/mol. The van der Waals surface area contributed by atoms with E-state index in [9.17, 15) is 76.0 Å². The van der Waals surface area contributed by atoms with Gasteiger partial charge in [0.05, 0.1) is 62.0 Å². The summed E-state index contributed by atoms with van der Waals surface area (Å²) in [5.41, 5.74) is -5.24. The molecule has 14 rings (SSSR count). The fourth-order valence-electron chi connectivity index (χ4n) is 17.5. The molecular weight excluding hydrogens is 1120 g/mol. The number of ether oxygens (including phenoxy) is 10. The van der Waals surface area contributed by atoms with E-state index in [1.54, 1.807) is 0 Å². The molecule has 4 saturated carbocycles. The molecule has 0 aromatic heterocycles. The summed E-state index contributed by atoms with van der Waals surface area (Å²) in [6.07, 6.45) is -31.2. The molecule has 1 spiro atoms. The Bertz CT molecular complexity index is 2480. The molecule has 14 aliphatic rings. The van der Waals surface area contributed by atoms with Crippen LogP contribution < -0.4 is 0 Å². The molecule has 0 radical (unpaired) electrons. The second-order valence-corrected chi connectivity index (χ2v) is 28.6. The van der Waals surface area contributed by atoms with Crippen LogP contribution in [0.5, 0.6) is 0 Å². The molecule has 5 aliphatic carbocycles. The van der Waals surface area contributed by atoms with Crippen LogP contribution >= 0.6 is 0 Å². The van der Waals surface area contributed by atoms with Gasteiger partial charge in [0.15, 0.2) is 31.1 Å². The number of aliphatic hydroxyl groups excluding tert-OH is 12. The molecule has 26 nitrogen and oxygen atoms in total. The molecule has 484 valence electrons. The van der Waals surface area contributed by atoms with E-state index in [1.165, 1.54) is 6.92 Å². The second-order valence-electron chi connectivity index (χ2n) is 28.6. The highest BCUT2D eigenvalue weighted by Crippen LogP contribution is 2.76. The maximum absolute atomic E-state index is 15.4. The molecule has 9 aliphatic heterocycles. The third kappa shape index (κ3) is 11.1. The molecule has 30 atom stereocenters. The first-order valence-corrected chi connectivity index (χ1v) is 30.3. The zero-order valence-corrected chi connectivity index (χ0v) is 49.7. The summed E-state index contributed by atoms with van der Waals surface area (Å²) < 4.78 is 59.8. The van der Waals surface area contributed by atoms with Crippen LogP contribution in [0.3, 0.4) is 0 Å². The Balaban J connectivity index is 1.00. The van der Waals surface area contributed by atoms with E-state index in [1.807, 2.05) is 6.92 Å². The molecule has 6 saturated heterocycles. The summed E-state index contributed by atoms with van der Waals surface area (Å²) in [5.74, 6) is -3.69. The largest absolute Gasteiger partial charge is 0.463 e. The van der Waals surface area contributed by atoms with Crippen LogP contribution in [-0.2, 0) is 61.8 Å². The van der Waals surface area contributed by atoms with E-state index in [4.69, 9.17) is 47.4 Å². The Labute approximate surface area is 493 Å². The van der Waals surface area contributed by atoms with Crippen molar-refractivity contribution in [2.75, 3.05) is 26.4 Å². The Hall–Kier alpha value is -2.65. The van der Waals surface area contributed by atoms with Gasteiger partial charge in [-0.15, -0.1) is 0 Å². The van der Waals surface area contributed by atoms with Crippen LogP contribution in [0.25, 0.3) is 0 Å². The van der Waals surface area contributed by atoms with Crippen molar-refractivity contribution < 1.29 is 128 Å². The van der Waals surface area contributed by atoms with Gasteiger partial charge in [-0.25, -0.2) is 0 Å². The number of carbonyl (C=O) groups is 3. The van der Waals surface area contributed by atoms with Crippen molar-refractivity contribution >= 4 is 17.9 Å². The van der Waals surface area contributed by atoms with Gasteiger partial charge in [-0.05, 0) is 111 Å². The van der Waals surface area contributed by atoms with Crippen LogP contribution in [0, 0.1) is 50.2 Å². The number of allylic oxidation sites excluding steroid dienone is 2. The van der Waals surface area contributed by atoms with Crippen LogP contribution in [0.15, 0.2) is 11.6 Å². The summed E-state index contributed by atoms with van der Waals surface area (Å²) in [6, 6.07) is 0. The number of hydrogen-bond acceptors (Lipinski definition) is 26. The molecule has 0 aromatic rings. The van der Waals surface area contributed by atoms with Gasteiger partial charge in [-0.1, -0.05) is 53.2 Å². The minimum atomic E-state index is -2.20. The van der Waals surface area contributed by atoms with E-state index >= 15 is 4.79 Å². The van der Waals surface area contributed by atoms with Crippen molar-refractivity contribution in [3.05, 3.63) is 11.6 Å². The summed E-state index contributed by atoms with van der Waals surface area (Å²) in [5, 5.41) is 147. The van der Waals surface area contributed by atoms with Crippen molar-refractivity contribution in [2.24, 2.45) is 50.2 Å². The van der Waals surface area contributed by atoms with Crippen molar-refractivity contribution in [3.63, 3.8) is 0 Å². The predicted molar refractivity (Wildman–Crippen MR) is 286 cm³/mol. The van der Waals surface area contributed by atoms with E-state index in [0.29, 0.717) is 51.4 Å². The molecule has 0 unspecified atom stereocenters. The maximum Gasteiger partial charge on any atom is 0.315 e. The first-order chi connectivity index (χ1) is 39.7. The summed E-state index contributed by atoms with van der Waals surface area (Å²) in [4.78, 5) is 42.0. The number of aliphatic hydroxyl groups is 13. The molecule has 12 bridgehead atoms. The van der Waals surface area contributed by atoms with Crippen molar-refractivity contribution in [3.8, 4) is 0 Å². The van der Waals surface area contributed by atoms with Gasteiger partial charge >= 0.3 is 17.9 Å². The third-order valence-corrected chi connectivity index (χ3v) is 22.6. The van der Waals surface area contributed by atoms with Gasteiger partial charge in [0.2, 0.25) is 6.29 Å². The van der Waals surface area contributed by atoms with Crippen molar-refractivity contribution in [1.82, 2.24) is 0 Å². The number of hydrogen-bond donors (Lipinski definition) is 13. The molecule has 10 fully saturated rings. The summed E-state index contributed by atoms with van der Waals surface area (Å²) >= 11 is 0. The van der Waals surface area contributed by atoms with Gasteiger partial charge < -0.3 is 114 Å². The lowest BCUT2D eigenvalue weighted by molar-refractivity contribution is -0.384. The quantitative estimate of drug-likeness (QED) is 0.0629. The van der Waals surface area contributed by atoms with Gasteiger partial charge in [-0.3, -0.25) is 14.4 Å². The zero-order valence-electron chi connectivity index (χ0n) is 49.7.